The summed E-state index contributed by atoms with van der Waals surface area (Å²) in [7, 11) is 0. The van der Waals surface area contributed by atoms with Gasteiger partial charge in [0.1, 0.15) is 11.6 Å². The Kier molecular flexibility index (Phi) is 5.53. The third-order valence-electron chi connectivity index (χ3n) is 6.41. The second kappa shape index (κ2) is 8.51. The van der Waals surface area contributed by atoms with Gasteiger partial charge in [0, 0.05) is 44.4 Å². The first-order valence-corrected chi connectivity index (χ1v) is 11.0. The quantitative estimate of drug-likeness (QED) is 0.496. The highest BCUT2D eigenvalue weighted by atomic mass is 19.1. The Morgan fingerprint density at radius 3 is 2.61 bits per heavy atom. The van der Waals surface area contributed by atoms with Crippen molar-refractivity contribution in [1.82, 2.24) is 14.9 Å². The molecule has 10 heteroatoms. The molecule has 3 fully saturated rings. The number of piperidine rings is 1. The Labute approximate surface area is 189 Å². The van der Waals surface area contributed by atoms with Gasteiger partial charge in [-0.05, 0) is 49.6 Å². The molecule has 0 aliphatic carbocycles. The number of amides is 1. The van der Waals surface area contributed by atoms with Crippen LogP contribution in [0.1, 0.15) is 36.4 Å². The van der Waals surface area contributed by atoms with Gasteiger partial charge in [-0.25, -0.2) is 19.0 Å². The maximum Gasteiger partial charge on any atom is 0.421 e. The zero-order chi connectivity index (χ0) is 23.0. The largest absolute Gasteiger partial charge is 0.421 e. The molecule has 0 radical (unpaired) electrons. The number of rotatable bonds is 5. The summed E-state index contributed by atoms with van der Waals surface area (Å²) in [4.78, 5) is 48.6. The first-order valence-electron chi connectivity index (χ1n) is 11.0. The lowest BCUT2D eigenvalue weighted by atomic mass is 10.0. The fourth-order valence-electron chi connectivity index (χ4n) is 4.78. The first-order chi connectivity index (χ1) is 16.0. The van der Waals surface area contributed by atoms with E-state index < -0.39 is 23.6 Å². The molecule has 172 valence electrons. The van der Waals surface area contributed by atoms with Gasteiger partial charge in [0.15, 0.2) is 0 Å². The van der Waals surface area contributed by atoms with Crippen LogP contribution in [0.15, 0.2) is 36.7 Å². The number of ether oxygens (including phenoxy) is 2. The van der Waals surface area contributed by atoms with Gasteiger partial charge in [-0.15, -0.1) is 0 Å². The molecule has 5 rings (SSSR count). The zero-order valence-corrected chi connectivity index (χ0v) is 17.9. The molecule has 33 heavy (non-hydrogen) atoms. The summed E-state index contributed by atoms with van der Waals surface area (Å²) in [5.41, 5.74) is 1.36. The van der Waals surface area contributed by atoms with Gasteiger partial charge < -0.3 is 14.4 Å². The van der Waals surface area contributed by atoms with Crippen molar-refractivity contribution < 1.29 is 28.2 Å². The molecule has 3 aliphatic rings. The van der Waals surface area contributed by atoms with Crippen molar-refractivity contribution in [2.75, 3.05) is 31.1 Å². The number of carbonyl (C=O) groups is 3. The van der Waals surface area contributed by atoms with Gasteiger partial charge >= 0.3 is 23.6 Å². The summed E-state index contributed by atoms with van der Waals surface area (Å²) in [6.07, 6.45) is 5.28. The summed E-state index contributed by atoms with van der Waals surface area (Å²) < 4.78 is 24.2. The van der Waals surface area contributed by atoms with Gasteiger partial charge in [-0.2, -0.15) is 0 Å². The van der Waals surface area contributed by atoms with Gasteiger partial charge in [0.25, 0.3) is 0 Å². The number of nitrogens with zero attached hydrogens (tertiary/aromatic N) is 4. The molecule has 2 aromatic heterocycles. The SMILES string of the molecule is O=C1OC2(CCCN(c3ncccc3CCN3CCC(c4ncccc4F)C3)C2=O)OC1=O. The molecule has 0 aromatic carbocycles. The van der Waals surface area contributed by atoms with Crippen molar-refractivity contribution in [2.24, 2.45) is 0 Å². The Morgan fingerprint density at radius 1 is 1.06 bits per heavy atom. The highest BCUT2D eigenvalue weighted by Crippen LogP contribution is 2.35. The maximum absolute atomic E-state index is 14.1. The lowest BCUT2D eigenvalue weighted by molar-refractivity contribution is -0.193. The molecule has 0 saturated carbocycles. The average molecular weight is 454 g/mol. The number of carbonyl (C=O) groups excluding carboxylic acids is 3. The van der Waals surface area contributed by atoms with Gasteiger partial charge in [0.05, 0.1) is 5.69 Å². The minimum Gasteiger partial charge on any atom is -0.405 e. The predicted octanol–water partition coefficient (Wildman–Crippen LogP) is 1.57. The number of pyridine rings is 2. The van der Waals surface area contributed by atoms with Crippen molar-refractivity contribution >= 4 is 23.7 Å². The second-order valence-corrected chi connectivity index (χ2v) is 8.49. The first kappa shape index (κ1) is 21.4. The van der Waals surface area contributed by atoms with Crippen LogP contribution in [0.2, 0.25) is 0 Å². The molecule has 1 unspecified atom stereocenters. The van der Waals surface area contributed by atoms with Crippen LogP contribution < -0.4 is 4.90 Å². The standard InChI is InChI=1S/C23H23FN4O5/c24-17-5-2-9-25-18(17)16-7-13-27(14-16)12-6-15-4-1-10-26-19(15)28-11-3-8-23(22(28)31)32-20(29)21(30)33-23/h1-2,4-5,9-10,16H,3,6-8,11-14H2. The van der Waals surface area contributed by atoms with Crippen molar-refractivity contribution in [2.45, 2.75) is 37.4 Å². The van der Waals surface area contributed by atoms with E-state index in [1.807, 2.05) is 6.07 Å². The molecule has 9 nitrogen and oxygen atoms in total. The summed E-state index contributed by atoms with van der Waals surface area (Å²) in [6.45, 7) is 2.63. The number of likely N-dealkylation sites (tertiary alicyclic amines) is 1. The Morgan fingerprint density at radius 2 is 1.82 bits per heavy atom. The van der Waals surface area contributed by atoms with Crippen LogP contribution in [0.4, 0.5) is 10.2 Å². The van der Waals surface area contributed by atoms with Gasteiger partial charge in [-0.1, -0.05) is 6.07 Å². The number of hydrogen-bond donors (Lipinski definition) is 0. The van der Waals surface area contributed by atoms with E-state index in [0.29, 0.717) is 44.0 Å². The summed E-state index contributed by atoms with van der Waals surface area (Å²) in [6, 6.07) is 6.73. The average Bonchev–Trinajstić information content (AvgIpc) is 3.39. The van der Waals surface area contributed by atoms with Crippen molar-refractivity contribution in [3.8, 4) is 0 Å². The number of aromatic nitrogens is 2. The summed E-state index contributed by atoms with van der Waals surface area (Å²) in [5.74, 6) is -4.55. The highest BCUT2D eigenvalue weighted by Gasteiger charge is 2.58. The van der Waals surface area contributed by atoms with Crippen LogP contribution in [0, 0.1) is 5.82 Å². The van der Waals surface area contributed by atoms with Crippen LogP contribution in [-0.2, 0) is 30.3 Å². The molecule has 5 heterocycles. The predicted molar refractivity (Wildman–Crippen MR) is 112 cm³/mol. The Hall–Kier alpha value is -3.40. The lowest BCUT2D eigenvalue weighted by Crippen LogP contribution is -2.55. The van der Waals surface area contributed by atoms with Gasteiger partial charge in [-0.3, -0.25) is 14.7 Å². The van der Waals surface area contributed by atoms with Crippen LogP contribution >= 0.6 is 0 Å². The highest BCUT2D eigenvalue weighted by molar-refractivity contribution is 6.32. The number of anilines is 1. The zero-order valence-electron chi connectivity index (χ0n) is 17.9. The van der Waals surface area contributed by atoms with E-state index >= 15 is 0 Å². The smallest absolute Gasteiger partial charge is 0.405 e. The number of esters is 2. The van der Waals surface area contributed by atoms with Crippen molar-refractivity contribution in [3.63, 3.8) is 0 Å². The van der Waals surface area contributed by atoms with E-state index in [-0.39, 0.29) is 18.2 Å². The topological polar surface area (TPSA) is 102 Å². The molecular formula is C23H23FN4O5. The molecule has 2 aromatic rings. The summed E-state index contributed by atoms with van der Waals surface area (Å²) >= 11 is 0. The molecule has 1 spiro atoms. The second-order valence-electron chi connectivity index (χ2n) is 8.49. The minimum absolute atomic E-state index is 0.0508. The minimum atomic E-state index is -1.89. The molecular weight excluding hydrogens is 431 g/mol. The lowest BCUT2D eigenvalue weighted by Gasteiger charge is -2.36. The number of halogens is 1. The van der Waals surface area contributed by atoms with Crippen LogP contribution in [-0.4, -0.2) is 64.7 Å². The Bertz CT molecular complexity index is 1090. The van der Waals surface area contributed by atoms with E-state index in [4.69, 9.17) is 9.47 Å². The van der Waals surface area contributed by atoms with Crippen LogP contribution in [0.25, 0.3) is 0 Å². The van der Waals surface area contributed by atoms with E-state index in [1.54, 1.807) is 24.5 Å². The maximum atomic E-state index is 14.1. The van der Waals surface area contributed by atoms with Crippen molar-refractivity contribution in [1.29, 1.82) is 0 Å². The molecule has 0 bridgehead atoms. The molecule has 1 amide bonds. The molecule has 0 N–H and O–H groups in total. The van der Waals surface area contributed by atoms with E-state index in [2.05, 4.69) is 14.9 Å². The molecule has 3 aliphatic heterocycles. The third kappa shape index (κ3) is 3.95. The third-order valence-corrected chi connectivity index (χ3v) is 6.41. The van der Waals surface area contributed by atoms with Crippen LogP contribution in [0.3, 0.4) is 0 Å². The Balaban J connectivity index is 1.28. The molecule has 3 saturated heterocycles. The van der Waals surface area contributed by atoms with E-state index in [1.165, 1.54) is 11.0 Å². The fourth-order valence-corrected chi connectivity index (χ4v) is 4.78. The van der Waals surface area contributed by atoms with Crippen LogP contribution in [0.5, 0.6) is 0 Å². The van der Waals surface area contributed by atoms with E-state index in [9.17, 15) is 18.8 Å². The van der Waals surface area contributed by atoms with E-state index in [0.717, 1.165) is 18.5 Å². The van der Waals surface area contributed by atoms with Gasteiger partial charge in [0.2, 0.25) is 0 Å². The fraction of sp³-hybridized carbons (Fsp3) is 0.435. The monoisotopic (exact) mass is 454 g/mol. The molecule has 1 atom stereocenters. The number of hydrogen-bond acceptors (Lipinski definition) is 8. The normalized spacial score (nSPS) is 22.6. The van der Waals surface area contributed by atoms with Crippen molar-refractivity contribution in [3.05, 3.63) is 53.7 Å². The summed E-state index contributed by atoms with van der Waals surface area (Å²) in [5, 5.41) is 0.